The van der Waals surface area contributed by atoms with Crippen LogP contribution in [-0.2, 0) is 6.42 Å². The topological polar surface area (TPSA) is 32.3 Å². The summed E-state index contributed by atoms with van der Waals surface area (Å²) in [6, 6.07) is 24.2. The second-order valence-corrected chi connectivity index (χ2v) is 8.01. The van der Waals surface area contributed by atoms with Crippen LogP contribution in [0, 0.1) is 0 Å². The van der Waals surface area contributed by atoms with Crippen LogP contribution in [0.4, 0.5) is 11.4 Å². The molecule has 28 heavy (non-hydrogen) atoms. The molecule has 0 saturated heterocycles. The number of nitrogens with one attached hydrogen (secondary N) is 1. The Morgan fingerprint density at radius 3 is 2.54 bits per heavy atom. The first-order valence-electron chi connectivity index (χ1n) is 9.71. The molecule has 0 spiro atoms. The number of rotatable bonds is 5. The van der Waals surface area contributed by atoms with Gasteiger partial charge in [0.15, 0.2) is 0 Å². The maximum Gasteiger partial charge on any atom is 0.262 e. The zero-order valence-corrected chi connectivity index (χ0v) is 17.4. The van der Waals surface area contributed by atoms with E-state index in [4.69, 9.17) is 0 Å². The van der Waals surface area contributed by atoms with Crippen LogP contribution in [0.2, 0.25) is 0 Å². The average molecular weight is 435 g/mol. The number of carbonyl (C=O) groups excluding carboxylic acids is 1. The predicted molar refractivity (Wildman–Crippen MR) is 119 cm³/mol. The Hall–Kier alpha value is -2.59. The molecule has 1 aliphatic heterocycles. The Bertz CT molecular complexity index is 984. The largest absolute Gasteiger partial charge is 0.360 e. The lowest BCUT2D eigenvalue weighted by Crippen LogP contribution is -2.43. The second kappa shape index (κ2) is 8.19. The van der Waals surface area contributed by atoms with Gasteiger partial charge in [0.2, 0.25) is 0 Å². The number of fused-ring (bicyclic) bond motifs is 1. The minimum Gasteiger partial charge on any atom is -0.360 e. The van der Waals surface area contributed by atoms with E-state index < -0.39 is 0 Å². The highest BCUT2D eigenvalue weighted by atomic mass is 79.9. The van der Waals surface area contributed by atoms with Gasteiger partial charge in [0.1, 0.15) is 6.17 Å². The number of hydrogen-bond acceptors (Lipinski definition) is 2. The summed E-state index contributed by atoms with van der Waals surface area (Å²) in [5.74, 6) is 0.0145. The molecule has 142 valence electrons. The molecule has 1 aliphatic rings. The lowest BCUT2D eigenvalue weighted by molar-refractivity contribution is 0.0975. The molecule has 4 heteroatoms. The monoisotopic (exact) mass is 434 g/mol. The first kappa shape index (κ1) is 18.8. The molecule has 3 aromatic carbocycles. The summed E-state index contributed by atoms with van der Waals surface area (Å²) in [5, 5.41) is 3.55. The number of amides is 1. The minimum atomic E-state index is -0.263. The molecule has 0 fully saturated rings. The number of aryl methyl sites for hydroxylation is 1. The smallest absolute Gasteiger partial charge is 0.262 e. The molecule has 1 amide bonds. The Balaban J connectivity index is 1.75. The third-order valence-corrected chi connectivity index (χ3v) is 5.62. The molecule has 0 radical (unpaired) electrons. The van der Waals surface area contributed by atoms with Gasteiger partial charge in [-0.15, -0.1) is 0 Å². The van der Waals surface area contributed by atoms with Gasteiger partial charge >= 0.3 is 0 Å². The maximum absolute atomic E-state index is 13.4. The molecule has 1 N–H and O–H groups in total. The summed E-state index contributed by atoms with van der Waals surface area (Å²) in [6.45, 7) is 2.20. The van der Waals surface area contributed by atoms with E-state index in [1.807, 2.05) is 47.4 Å². The van der Waals surface area contributed by atoms with Crippen molar-refractivity contribution in [2.75, 3.05) is 10.2 Å². The summed E-state index contributed by atoms with van der Waals surface area (Å²) in [5.41, 5.74) is 4.81. The zero-order chi connectivity index (χ0) is 19.5. The van der Waals surface area contributed by atoms with E-state index in [2.05, 4.69) is 58.5 Å². The minimum absolute atomic E-state index is 0.0145. The van der Waals surface area contributed by atoms with E-state index in [-0.39, 0.29) is 12.1 Å². The Morgan fingerprint density at radius 1 is 1.00 bits per heavy atom. The van der Waals surface area contributed by atoms with Gasteiger partial charge in [-0.25, -0.2) is 0 Å². The van der Waals surface area contributed by atoms with Crippen molar-refractivity contribution in [2.24, 2.45) is 0 Å². The van der Waals surface area contributed by atoms with Crippen LogP contribution in [0.25, 0.3) is 0 Å². The van der Waals surface area contributed by atoms with Gasteiger partial charge in [0.25, 0.3) is 5.91 Å². The third kappa shape index (κ3) is 3.69. The van der Waals surface area contributed by atoms with E-state index in [1.165, 1.54) is 18.4 Å². The van der Waals surface area contributed by atoms with Crippen LogP contribution in [0.15, 0.2) is 77.3 Å². The van der Waals surface area contributed by atoms with E-state index in [0.29, 0.717) is 5.56 Å². The highest BCUT2D eigenvalue weighted by molar-refractivity contribution is 9.10. The molecule has 3 nitrogen and oxygen atoms in total. The Labute approximate surface area is 174 Å². The lowest BCUT2D eigenvalue weighted by atomic mass is 10.0. The van der Waals surface area contributed by atoms with Crippen molar-refractivity contribution < 1.29 is 4.79 Å². The molecule has 3 aromatic rings. The van der Waals surface area contributed by atoms with Gasteiger partial charge in [0, 0.05) is 15.8 Å². The van der Waals surface area contributed by atoms with Crippen molar-refractivity contribution in [3.8, 4) is 0 Å². The average Bonchev–Trinajstić information content (AvgIpc) is 2.73. The zero-order valence-electron chi connectivity index (χ0n) is 15.9. The number of carbonyl (C=O) groups is 1. The van der Waals surface area contributed by atoms with Gasteiger partial charge in [0.05, 0.1) is 5.56 Å². The number of hydrogen-bond donors (Lipinski definition) is 1. The number of anilines is 2. The third-order valence-electron chi connectivity index (χ3n) is 5.12. The fourth-order valence-electron chi connectivity index (χ4n) is 3.63. The van der Waals surface area contributed by atoms with Gasteiger partial charge in [-0.1, -0.05) is 65.7 Å². The van der Waals surface area contributed by atoms with E-state index in [9.17, 15) is 4.79 Å². The van der Waals surface area contributed by atoms with Crippen LogP contribution < -0.4 is 10.2 Å². The van der Waals surface area contributed by atoms with Crippen LogP contribution in [0.5, 0.6) is 0 Å². The highest BCUT2D eigenvalue weighted by Gasteiger charge is 2.33. The van der Waals surface area contributed by atoms with Crippen LogP contribution in [-0.4, -0.2) is 5.91 Å². The maximum atomic E-state index is 13.4. The lowest BCUT2D eigenvalue weighted by Gasteiger charge is -2.38. The fraction of sp³-hybridized carbons (Fsp3) is 0.208. The number of unbranched alkanes of at least 4 members (excludes halogenated alkanes) is 1. The van der Waals surface area contributed by atoms with Crippen LogP contribution in [0.3, 0.4) is 0 Å². The number of nitrogens with zero attached hydrogens (tertiary/aromatic N) is 1. The molecule has 1 heterocycles. The second-order valence-electron chi connectivity index (χ2n) is 7.09. The van der Waals surface area contributed by atoms with Gasteiger partial charge in [-0.2, -0.15) is 0 Å². The number of benzene rings is 3. The molecular weight excluding hydrogens is 412 g/mol. The SMILES string of the molecule is CCCCc1ccc(N2C(=O)c3ccccc3NC2c2cccc(Br)c2)cc1. The number of para-hydroxylation sites is 1. The van der Waals surface area contributed by atoms with Gasteiger partial charge < -0.3 is 5.32 Å². The molecular formula is C24H23BrN2O. The summed E-state index contributed by atoms with van der Waals surface area (Å²) in [4.78, 5) is 15.3. The van der Waals surface area contributed by atoms with Gasteiger partial charge in [-0.3, -0.25) is 9.69 Å². The number of halogens is 1. The fourth-order valence-corrected chi connectivity index (χ4v) is 4.05. The van der Waals surface area contributed by atoms with E-state index in [1.54, 1.807) is 0 Å². The highest BCUT2D eigenvalue weighted by Crippen LogP contribution is 2.37. The van der Waals surface area contributed by atoms with Gasteiger partial charge in [-0.05, 0) is 60.4 Å². The van der Waals surface area contributed by atoms with Crippen molar-refractivity contribution in [2.45, 2.75) is 32.4 Å². The Morgan fingerprint density at radius 2 is 1.79 bits per heavy atom. The summed E-state index contributed by atoms with van der Waals surface area (Å²) >= 11 is 3.55. The molecule has 0 saturated carbocycles. The predicted octanol–water partition coefficient (Wildman–Crippen LogP) is 6.56. The quantitative estimate of drug-likeness (QED) is 0.492. The first-order chi connectivity index (χ1) is 13.7. The molecule has 0 aliphatic carbocycles. The van der Waals surface area contributed by atoms with Crippen molar-refractivity contribution in [1.29, 1.82) is 0 Å². The first-order valence-corrected chi connectivity index (χ1v) is 10.5. The van der Waals surface area contributed by atoms with Crippen LogP contribution >= 0.6 is 15.9 Å². The molecule has 1 atom stereocenters. The molecule has 1 unspecified atom stereocenters. The summed E-state index contributed by atoms with van der Waals surface area (Å²) in [7, 11) is 0. The van der Waals surface area contributed by atoms with Crippen molar-refractivity contribution >= 4 is 33.2 Å². The normalized spacial score (nSPS) is 15.9. The summed E-state index contributed by atoms with van der Waals surface area (Å²) in [6.07, 6.45) is 3.16. The van der Waals surface area contributed by atoms with E-state index >= 15 is 0 Å². The van der Waals surface area contributed by atoms with Crippen molar-refractivity contribution in [3.63, 3.8) is 0 Å². The summed E-state index contributed by atoms with van der Waals surface area (Å²) < 4.78 is 0.993. The Kier molecular flexibility index (Phi) is 5.49. The van der Waals surface area contributed by atoms with Crippen LogP contribution in [0.1, 0.15) is 47.4 Å². The standard InChI is InChI=1S/C24H23BrN2O/c1-2-3-7-17-12-14-20(15-13-17)27-23(18-8-6-9-19(25)16-18)26-22-11-5-4-10-21(22)24(27)28/h4-6,8-16,23,26H,2-3,7H2,1H3. The molecule has 0 aromatic heterocycles. The van der Waals surface area contributed by atoms with E-state index in [0.717, 1.165) is 27.8 Å². The van der Waals surface area contributed by atoms with Crippen molar-refractivity contribution in [1.82, 2.24) is 0 Å². The molecule has 4 rings (SSSR count). The van der Waals surface area contributed by atoms with Crippen molar-refractivity contribution in [3.05, 3.63) is 94.0 Å². The molecule has 0 bridgehead atoms.